The molecule has 0 spiro atoms. The van der Waals surface area contributed by atoms with Gasteiger partial charge in [0.2, 0.25) is 0 Å². The van der Waals surface area contributed by atoms with Gasteiger partial charge in [-0.3, -0.25) is 4.98 Å². The summed E-state index contributed by atoms with van der Waals surface area (Å²) < 4.78 is 29.7. The fourth-order valence-electron chi connectivity index (χ4n) is 2.49. The Kier molecular flexibility index (Phi) is 5.76. The van der Waals surface area contributed by atoms with Crippen molar-refractivity contribution < 1.29 is 13.2 Å². The van der Waals surface area contributed by atoms with Crippen molar-refractivity contribution in [3.05, 3.63) is 72.2 Å². The van der Waals surface area contributed by atoms with E-state index in [9.17, 15) is 8.42 Å². The SMILES string of the molecule is COc1cccc(C#Cc2cncc(-c3ccc(S(=O)(=O)C(C)C)cc3)n2)c1. The Labute approximate surface area is 165 Å². The van der Waals surface area contributed by atoms with E-state index in [2.05, 4.69) is 21.8 Å². The van der Waals surface area contributed by atoms with Crippen LogP contribution in [-0.4, -0.2) is 30.7 Å². The lowest BCUT2D eigenvalue weighted by Gasteiger charge is -2.08. The van der Waals surface area contributed by atoms with Crippen LogP contribution in [-0.2, 0) is 9.84 Å². The molecule has 2 aromatic carbocycles. The molecule has 142 valence electrons. The van der Waals surface area contributed by atoms with Gasteiger partial charge < -0.3 is 4.74 Å². The largest absolute Gasteiger partial charge is 0.497 e. The van der Waals surface area contributed by atoms with Gasteiger partial charge in [0.25, 0.3) is 0 Å². The molecule has 0 saturated heterocycles. The van der Waals surface area contributed by atoms with Gasteiger partial charge >= 0.3 is 0 Å². The van der Waals surface area contributed by atoms with E-state index in [1.807, 2.05) is 24.3 Å². The molecule has 0 radical (unpaired) electrons. The van der Waals surface area contributed by atoms with Crippen molar-refractivity contribution in [3.8, 4) is 28.8 Å². The van der Waals surface area contributed by atoms with E-state index in [0.717, 1.165) is 16.9 Å². The van der Waals surface area contributed by atoms with Crippen molar-refractivity contribution in [2.45, 2.75) is 24.0 Å². The minimum absolute atomic E-state index is 0.299. The molecule has 0 bridgehead atoms. The molecular formula is C22H20N2O3S. The number of aromatic nitrogens is 2. The summed E-state index contributed by atoms with van der Waals surface area (Å²) in [6.45, 7) is 3.33. The number of sulfone groups is 1. The summed E-state index contributed by atoms with van der Waals surface area (Å²) in [5, 5.41) is -0.464. The maximum absolute atomic E-state index is 12.2. The van der Waals surface area contributed by atoms with Crippen molar-refractivity contribution in [1.29, 1.82) is 0 Å². The molecule has 0 amide bonds. The van der Waals surface area contributed by atoms with E-state index in [-0.39, 0.29) is 0 Å². The number of hydrogen-bond donors (Lipinski definition) is 0. The summed E-state index contributed by atoms with van der Waals surface area (Å²) >= 11 is 0. The third-order valence-electron chi connectivity index (χ3n) is 4.14. The second kappa shape index (κ2) is 8.24. The number of nitrogens with zero attached hydrogens (tertiary/aromatic N) is 2. The Morgan fingerprint density at radius 2 is 1.75 bits per heavy atom. The van der Waals surface area contributed by atoms with Gasteiger partial charge in [-0.25, -0.2) is 13.4 Å². The summed E-state index contributed by atoms with van der Waals surface area (Å²) in [6.07, 6.45) is 3.22. The normalized spacial score (nSPS) is 11.0. The smallest absolute Gasteiger partial charge is 0.180 e. The molecule has 3 aromatic rings. The van der Waals surface area contributed by atoms with Crippen LogP contribution in [0.4, 0.5) is 0 Å². The Bertz CT molecular complexity index is 1140. The molecule has 0 saturated carbocycles. The molecule has 3 rings (SSSR count). The molecule has 5 nitrogen and oxygen atoms in total. The van der Waals surface area contributed by atoms with Crippen LogP contribution in [0.3, 0.4) is 0 Å². The highest BCUT2D eigenvalue weighted by Crippen LogP contribution is 2.21. The van der Waals surface area contributed by atoms with E-state index >= 15 is 0 Å². The number of ether oxygens (including phenoxy) is 1. The lowest BCUT2D eigenvalue weighted by Crippen LogP contribution is -2.13. The quantitative estimate of drug-likeness (QED) is 0.633. The first-order valence-corrected chi connectivity index (χ1v) is 10.3. The van der Waals surface area contributed by atoms with Crippen LogP contribution in [0.15, 0.2) is 65.8 Å². The zero-order chi connectivity index (χ0) is 20.1. The van der Waals surface area contributed by atoms with E-state index in [1.165, 1.54) is 0 Å². The topological polar surface area (TPSA) is 69.2 Å². The van der Waals surface area contributed by atoms with Crippen LogP contribution in [0.2, 0.25) is 0 Å². The molecule has 0 aliphatic carbocycles. The molecule has 0 aliphatic rings. The first kappa shape index (κ1) is 19.6. The highest BCUT2D eigenvalue weighted by Gasteiger charge is 2.18. The fourth-order valence-corrected chi connectivity index (χ4v) is 3.55. The third kappa shape index (κ3) is 4.38. The Hall–Kier alpha value is -3.17. The van der Waals surface area contributed by atoms with Crippen LogP contribution in [0.1, 0.15) is 25.1 Å². The number of methoxy groups -OCH3 is 1. The second-order valence-corrected chi connectivity index (χ2v) is 8.89. The lowest BCUT2D eigenvalue weighted by molar-refractivity contribution is 0.414. The van der Waals surface area contributed by atoms with Gasteiger partial charge in [-0.15, -0.1) is 0 Å². The summed E-state index contributed by atoms with van der Waals surface area (Å²) in [5.41, 5.74) is 2.75. The van der Waals surface area contributed by atoms with Gasteiger partial charge in [0.1, 0.15) is 11.4 Å². The van der Waals surface area contributed by atoms with Crippen LogP contribution in [0.5, 0.6) is 5.75 Å². The van der Waals surface area contributed by atoms with Crippen molar-refractivity contribution >= 4 is 9.84 Å². The molecule has 6 heteroatoms. The number of rotatable bonds is 4. The van der Waals surface area contributed by atoms with Gasteiger partial charge in [0, 0.05) is 11.1 Å². The average molecular weight is 392 g/mol. The van der Waals surface area contributed by atoms with Gasteiger partial charge in [-0.1, -0.05) is 24.1 Å². The maximum atomic E-state index is 12.2. The number of hydrogen-bond acceptors (Lipinski definition) is 5. The zero-order valence-corrected chi connectivity index (χ0v) is 16.7. The summed E-state index contributed by atoms with van der Waals surface area (Å²) in [7, 11) is -1.69. The van der Waals surface area contributed by atoms with Gasteiger partial charge in [0.15, 0.2) is 9.84 Å². The second-order valence-electron chi connectivity index (χ2n) is 6.39. The first-order chi connectivity index (χ1) is 13.4. The van der Waals surface area contributed by atoms with Gasteiger partial charge in [-0.2, -0.15) is 0 Å². The summed E-state index contributed by atoms with van der Waals surface area (Å²) in [6, 6.07) is 14.1. The highest BCUT2D eigenvalue weighted by molar-refractivity contribution is 7.92. The molecule has 1 aromatic heterocycles. The molecule has 0 aliphatic heterocycles. The Morgan fingerprint density at radius 1 is 1.00 bits per heavy atom. The first-order valence-electron chi connectivity index (χ1n) is 8.72. The van der Waals surface area contributed by atoms with Gasteiger partial charge in [-0.05, 0) is 50.1 Å². The Morgan fingerprint density at radius 3 is 2.43 bits per heavy atom. The predicted molar refractivity (Wildman–Crippen MR) is 109 cm³/mol. The fraction of sp³-hybridized carbons (Fsp3) is 0.182. The lowest BCUT2D eigenvalue weighted by atomic mass is 10.1. The minimum Gasteiger partial charge on any atom is -0.497 e. The molecule has 0 fully saturated rings. The van der Waals surface area contributed by atoms with E-state index in [1.54, 1.807) is 57.6 Å². The molecule has 1 heterocycles. The van der Waals surface area contributed by atoms with E-state index in [0.29, 0.717) is 16.3 Å². The summed E-state index contributed by atoms with van der Waals surface area (Å²) in [5.74, 6) is 6.78. The monoisotopic (exact) mass is 392 g/mol. The van der Waals surface area contributed by atoms with Crippen molar-refractivity contribution in [1.82, 2.24) is 9.97 Å². The van der Waals surface area contributed by atoms with Crippen molar-refractivity contribution in [2.24, 2.45) is 0 Å². The summed E-state index contributed by atoms with van der Waals surface area (Å²) in [4.78, 5) is 9.01. The van der Waals surface area contributed by atoms with Crippen molar-refractivity contribution in [3.63, 3.8) is 0 Å². The molecule has 0 N–H and O–H groups in total. The van der Waals surface area contributed by atoms with Crippen LogP contribution in [0, 0.1) is 11.8 Å². The Balaban J connectivity index is 1.87. The molecule has 0 atom stereocenters. The van der Waals surface area contributed by atoms with Crippen LogP contribution < -0.4 is 4.74 Å². The van der Waals surface area contributed by atoms with E-state index < -0.39 is 15.1 Å². The average Bonchev–Trinajstić information content (AvgIpc) is 2.72. The van der Waals surface area contributed by atoms with Gasteiger partial charge in [0.05, 0.1) is 35.3 Å². The van der Waals surface area contributed by atoms with Crippen LogP contribution in [0.25, 0.3) is 11.3 Å². The number of benzene rings is 2. The van der Waals surface area contributed by atoms with Crippen LogP contribution >= 0.6 is 0 Å². The molecule has 28 heavy (non-hydrogen) atoms. The minimum atomic E-state index is -3.30. The standard InChI is InChI=1S/C22H20N2O3S/c1-16(2)28(25,26)21-11-8-18(9-12-21)22-15-23-14-19(24-22)10-7-17-5-4-6-20(13-17)27-3/h4-6,8-9,11-16H,1-3H3. The predicted octanol–water partition coefficient (Wildman–Crippen LogP) is 3.73. The molecular weight excluding hydrogens is 372 g/mol. The highest BCUT2D eigenvalue weighted by atomic mass is 32.2. The molecule has 0 unspecified atom stereocenters. The van der Waals surface area contributed by atoms with Crippen molar-refractivity contribution in [2.75, 3.05) is 7.11 Å². The maximum Gasteiger partial charge on any atom is 0.180 e. The zero-order valence-electron chi connectivity index (χ0n) is 15.9. The third-order valence-corrected chi connectivity index (χ3v) is 6.31. The van der Waals surface area contributed by atoms with E-state index in [4.69, 9.17) is 4.74 Å².